The van der Waals surface area contributed by atoms with Crippen LogP contribution in [0, 0.1) is 0 Å². The average molecular weight is 469 g/mol. The van der Waals surface area contributed by atoms with Gasteiger partial charge < -0.3 is 0 Å². The first-order chi connectivity index (χ1) is 17.2. The third kappa shape index (κ3) is 4.44. The zero-order valence-electron chi connectivity index (χ0n) is 18.9. The van der Waals surface area contributed by atoms with E-state index in [0.29, 0.717) is 10.8 Å². The summed E-state index contributed by atoms with van der Waals surface area (Å²) >= 11 is 6.28. The van der Waals surface area contributed by atoms with Gasteiger partial charge in [0.1, 0.15) is 0 Å². The molecule has 6 rings (SSSR count). The van der Waals surface area contributed by atoms with Gasteiger partial charge in [-0.3, -0.25) is 0 Å². The Morgan fingerprint density at radius 1 is 0.400 bits per heavy atom. The molecule has 1 heterocycles. The van der Waals surface area contributed by atoms with Crippen LogP contribution in [0.2, 0.25) is 5.02 Å². The van der Waals surface area contributed by atoms with Crippen molar-refractivity contribution in [2.75, 3.05) is 0 Å². The molecule has 0 N–H and O–H groups in total. The highest BCUT2D eigenvalue weighted by atomic mass is 35.5. The number of nitrogens with zero attached hydrogens (tertiary/aromatic N) is 2. The molecule has 6 aromatic rings. The second-order valence-corrected chi connectivity index (χ2v) is 8.92. The van der Waals surface area contributed by atoms with Crippen molar-refractivity contribution in [1.29, 1.82) is 0 Å². The van der Waals surface area contributed by atoms with E-state index in [4.69, 9.17) is 21.6 Å². The van der Waals surface area contributed by atoms with Gasteiger partial charge in [-0.1, -0.05) is 109 Å². The van der Waals surface area contributed by atoms with Crippen LogP contribution in [-0.4, -0.2) is 9.97 Å². The molecule has 0 spiro atoms. The molecule has 166 valence electrons. The van der Waals surface area contributed by atoms with E-state index in [-0.39, 0.29) is 0 Å². The van der Waals surface area contributed by atoms with E-state index in [1.54, 1.807) is 0 Å². The standard InChI is InChI=1S/C32H21ClN2/c33-29-15-7-14-28(20-29)32-34-30(23-9-2-1-3-10-23)21-31(35-32)27-13-6-12-25(19-27)26-17-16-22-8-4-5-11-24(22)18-26/h1-21H. The first kappa shape index (κ1) is 21.3. The van der Waals surface area contributed by atoms with E-state index >= 15 is 0 Å². The highest BCUT2D eigenvalue weighted by Gasteiger charge is 2.12. The number of hydrogen-bond acceptors (Lipinski definition) is 2. The minimum atomic E-state index is 0.653. The van der Waals surface area contributed by atoms with Crippen LogP contribution < -0.4 is 0 Å². The van der Waals surface area contributed by atoms with Crippen LogP contribution in [0.3, 0.4) is 0 Å². The van der Waals surface area contributed by atoms with Crippen LogP contribution in [0.15, 0.2) is 127 Å². The summed E-state index contributed by atoms with van der Waals surface area (Å²) in [6.45, 7) is 0. The molecule has 5 aromatic carbocycles. The highest BCUT2D eigenvalue weighted by Crippen LogP contribution is 2.31. The van der Waals surface area contributed by atoms with Crippen LogP contribution in [0.4, 0.5) is 0 Å². The Balaban J connectivity index is 1.49. The largest absolute Gasteiger partial charge is 0.228 e. The third-order valence-corrected chi connectivity index (χ3v) is 6.35. The van der Waals surface area contributed by atoms with Crippen molar-refractivity contribution in [3.63, 3.8) is 0 Å². The first-order valence-corrected chi connectivity index (χ1v) is 11.9. The number of hydrogen-bond donors (Lipinski definition) is 0. The fourth-order valence-electron chi connectivity index (χ4n) is 4.34. The summed E-state index contributed by atoms with van der Waals surface area (Å²) < 4.78 is 0. The minimum Gasteiger partial charge on any atom is -0.228 e. The lowest BCUT2D eigenvalue weighted by Crippen LogP contribution is -1.96. The van der Waals surface area contributed by atoms with Gasteiger partial charge in [0.15, 0.2) is 5.82 Å². The monoisotopic (exact) mass is 468 g/mol. The summed E-state index contributed by atoms with van der Waals surface area (Å²) in [5.41, 5.74) is 7.05. The van der Waals surface area contributed by atoms with Crippen molar-refractivity contribution < 1.29 is 0 Å². The van der Waals surface area contributed by atoms with E-state index < -0.39 is 0 Å². The normalized spacial score (nSPS) is 11.0. The summed E-state index contributed by atoms with van der Waals surface area (Å²) in [6, 6.07) is 43.5. The molecular formula is C32H21ClN2. The molecule has 0 aliphatic rings. The molecule has 0 unspecified atom stereocenters. The zero-order chi connectivity index (χ0) is 23.6. The Morgan fingerprint density at radius 2 is 1.03 bits per heavy atom. The first-order valence-electron chi connectivity index (χ1n) is 11.5. The molecular weight excluding hydrogens is 448 g/mol. The molecule has 2 nitrogen and oxygen atoms in total. The molecule has 0 bridgehead atoms. The quantitative estimate of drug-likeness (QED) is 0.258. The number of halogens is 1. The average Bonchev–Trinajstić information content (AvgIpc) is 2.93. The van der Waals surface area contributed by atoms with E-state index in [2.05, 4.69) is 84.9 Å². The Kier molecular flexibility index (Phi) is 5.57. The van der Waals surface area contributed by atoms with Crippen LogP contribution in [0.25, 0.3) is 55.8 Å². The molecule has 0 saturated heterocycles. The fraction of sp³-hybridized carbons (Fsp3) is 0. The number of aromatic nitrogens is 2. The molecule has 0 amide bonds. The predicted octanol–water partition coefficient (Wildman–Crippen LogP) is 8.95. The van der Waals surface area contributed by atoms with Crippen LogP contribution in [-0.2, 0) is 0 Å². The molecule has 0 saturated carbocycles. The molecule has 0 radical (unpaired) electrons. The lowest BCUT2D eigenvalue weighted by atomic mass is 9.98. The van der Waals surface area contributed by atoms with Gasteiger partial charge in [0, 0.05) is 21.7 Å². The third-order valence-electron chi connectivity index (χ3n) is 6.12. The van der Waals surface area contributed by atoms with E-state index in [9.17, 15) is 0 Å². The van der Waals surface area contributed by atoms with Crippen LogP contribution in [0.5, 0.6) is 0 Å². The van der Waals surface area contributed by atoms with Gasteiger partial charge in [0.2, 0.25) is 0 Å². The minimum absolute atomic E-state index is 0.653. The van der Waals surface area contributed by atoms with Gasteiger partial charge >= 0.3 is 0 Å². The SMILES string of the molecule is Clc1cccc(-c2nc(-c3ccccc3)cc(-c3cccc(-c4ccc5ccccc5c4)c3)n2)c1. The van der Waals surface area contributed by atoms with Crippen LogP contribution >= 0.6 is 11.6 Å². The molecule has 0 fully saturated rings. The lowest BCUT2D eigenvalue weighted by molar-refractivity contribution is 1.18. The second-order valence-electron chi connectivity index (χ2n) is 8.48. The van der Waals surface area contributed by atoms with Crippen molar-refractivity contribution in [1.82, 2.24) is 9.97 Å². The van der Waals surface area contributed by atoms with Crippen molar-refractivity contribution in [2.24, 2.45) is 0 Å². The smallest absolute Gasteiger partial charge is 0.160 e. The van der Waals surface area contributed by atoms with Gasteiger partial charge in [-0.15, -0.1) is 0 Å². The molecule has 1 aromatic heterocycles. The highest BCUT2D eigenvalue weighted by molar-refractivity contribution is 6.30. The zero-order valence-corrected chi connectivity index (χ0v) is 19.7. The summed E-state index contributed by atoms with van der Waals surface area (Å²) in [6.07, 6.45) is 0. The summed E-state index contributed by atoms with van der Waals surface area (Å²) in [7, 11) is 0. The Hall–Kier alpha value is -4.27. The lowest BCUT2D eigenvalue weighted by Gasteiger charge is -2.11. The van der Waals surface area contributed by atoms with E-state index in [1.807, 2.05) is 42.5 Å². The topological polar surface area (TPSA) is 25.8 Å². The van der Waals surface area contributed by atoms with Gasteiger partial charge in [0.25, 0.3) is 0 Å². The maximum Gasteiger partial charge on any atom is 0.160 e. The van der Waals surface area contributed by atoms with Crippen molar-refractivity contribution >= 4 is 22.4 Å². The van der Waals surface area contributed by atoms with E-state index in [1.165, 1.54) is 16.3 Å². The van der Waals surface area contributed by atoms with Crippen molar-refractivity contribution in [3.8, 4) is 45.0 Å². The summed E-state index contributed by atoms with van der Waals surface area (Å²) in [5, 5.41) is 3.13. The predicted molar refractivity (Wildman–Crippen MR) is 146 cm³/mol. The maximum absolute atomic E-state index is 6.28. The molecule has 0 aliphatic carbocycles. The number of fused-ring (bicyclic) bond motifs is 1. The van der Waals surface area contributed by atoms with Crippen molar-refractivity contribution in [2.45, 2.75) is 0 Å². The Bertz CT molecular complexity index is 1660. The fourth-order valence-corrected chi connectivity index (χ4v) is 4.53. The molecule has 0 aliphatic heterocycles. The van der Waals surface area contributed by atoms with E-state index in [0.717, 1.165) is 33.6 Å². The second kappa shape index (κ2) is 9.17. The molecule has 3 heteroatoms. The van der Waals surface area contributed by atoms with Gasteiger partial charge in [0.05, 0.1) is 11.4 Å². The Morgan fingerprint density at radius 3 is 1.86 bits per heavy atom. The van der Waals surface area contributed by atoms with Crippen LogP contribution in [0.1, 0.15) is 0 Å². The number of rotatable bonds is 4. The van der Waals surface area contributed by atoms with Crippen molar-refractivity contribution in [3.05, 3.63) is 132 Å². The maximum atomic E-state index is 6.28. The molecule has 35 heavy (non-hydrogen) atoms. The summed E-state index contributed by atoms with van der Waals surface area (Å²) in [4.78, 5) is 9.84. The van der Waals surface area contributed by atoms with Gasteiger partial charge in [-0.25, -0.2) is 9.97 Å². The summed E-state index contributed by atoms with van der Waals surface area (Å²) in [5.74, 6) is 0.653. The van der Waals surface area contributed by atoms with Gasteiger partial charge in [-0.2, -0.15) is 0 Å². The number of benzene rings is 5. The Labute approximate surface area is 209 Å². The van der Waals surface area contributed by atoms with Gasteiger partial charge in [-0.05, 0) is 52.2 Å². The molecule has 0 atom stereocenters.